The molecule has 0 bridgehead atoms. The Balaban J connectivity index is 3.25. The minimum Gasteiger partial charge on any atom is -0.481 e. The maximum atomic E-state index is 13.4. The van der Waals surface area contributed by atoms with Crippen molar-refractivity contribution in [3.8, 4) is 0 Å². The van der Waals surface area contributed by atoms with Crippen LogP contribution in [0.25, 0.3) is 0 Å². The minimum absolute atomic E-state index is 0.0351. The third-order valence-electron chi connectivity index (χ3n) is 1.87. The summed E-state index contributed by atoms with van der Waals surface area (Å²) in [5, 5.41) is 8.48. The van der Waals surface area contributed by atoms with Gasteiger partial charge in [-0.05, 0) is 6.07 Å². The van der Waals surface area contributed by atoms with Gasteiger partial charge in [0.2, 0.25) is 0 Å². The second kappa shape index (κ2) is 4.93. The second-order valence-corrected chi connectivity index (χ2v) is 3.05. The van der Waals surface area contributed by atoms with E-state index in [4.69, 9.17) is 10.8 Å². The maximum Gasteiger partial charge on any atom is 0.307 e. The molecule has 3 N–H and O–H groups in total. The molecule has 0 amide bonds. The van der Waals surface area contributed by atoms with E-state index in [9.17, 15) is 18.0 Å². The van der Waals surface area contributed by atoms with Gasteiger partial charge in [-0.3, -0.25) is 4.79 Å². The lowest BCUT2D eigenvalue weighted by molar-refractivity contribution is -0.136. The van der Waals surface area contributed by atoms with Crippen LogP contribution < -0.4 is 5.73 Å². The second-order valence-electron chi connectivity index (χ2n) is 3.05. The molecule has 1 aromatic heterocycles. The van der Waals surface area contributed by atoms with E-state index < -0.39 is 30.3 Å². The molecule has 0 unspecified atom stereocenters. The van der Waals surface area contributed by atoms with Crippen LogP contribution in [0.15, 0.2) is 6.07 Å². The van der Waals surface area contributed by atoms with E-state index in [0.717, 1.165) is 6.07 Å². The summed E-state index contributed by atoms with van der Waals surface area (Å²) >= 11 is 0. The first-order chi connectivity index (χ1) is 7.45. The summed E-state index contributed by atoms with van der Waals surface area (Å²) in [6.07, 6.45) is -3.78. The lowest BCUT2D eigenvalue weighted by Crippen LogP contribution is -2.11. The summed E-state index contributed by atoms with van der Waals surface area (Å²) in [6.45, 7) is -0.160. The molecular formula is C9H9F3N2O2. The van der Waals surface area contributed by atoms with Gasteiger partial charge in [0.25, 0.3) is 6.43 Å². The van der Waals surface area contributed by atoms with Crippen molar-refractivity contribution in [1.82, 2.24) is 4.98 Å². The quantitative estimate of drug-likeness (QED) is 0.821. The van der Waals surface area contributed by atoms with E-state index in [-0.39, 0.29) is 17.8 Å². The molecule has 0 radical (unpaired) electrons. The highest BCUT2D eigenvalue weighted by Gasteiger charge is 2.20. The standard InChI is InChI=1S/C9H9F3N2O2/c10-7-4(2-6(15)16)1-5(3-13)14-8(7)9(11)12/h1,9H,2-3,13H2,(H,15,16). The number of hydrogen-bond acceptors (Lipinski definition) is 3. The molecule has 16 heavy (non-hydrogen) atoms. The van der Waals surface area contributed by atoms with E-state index in [0.29, 0.717) is 0 Å². The van der Waals surface area contributed by atoms with Crippen LogP contribution in [0, 0.1) is 5.82 Å². The van der Waals surface area contributed by atoms with Gasteiger partial charge in [-0.1, -0.05) is 0 Å². The Morgan fingerprint density at radius 3 is 2.62 bits per heavy atom. The molecule has 1 rings (SSSR count). The van der Waals surface area contributed by atoms with Gasteiger partial charge in [0, 0.05) is 12.1 Å². The van der Waals surface area contributed by atoms with Crippen LogP contribution >= 0.6 is 0 Å². The molecule has 0 aliphatic heterocycles. The van der Waals surface area contributed by atoms with Gasteiger partial charge in [0.15, 0.2) is 5.82 Å². The molecule has 0 atom stereocenters. The zero-order chi connectivity index (χ0) is 12.3. The summed E-state index contributed by atoms with van der Waals surface area (Å²) in [6, 6.07) is 1.08. The number of aliphatic carboxylic acids is 1. The monoisotopic (exact) mass is 234 g/mol. The first-order valence-electron chi connectivity index (χ1n) is 4.34. The summed E-state index contributed by atoms with van der Waals surface area (Å²) in [7, 11) is 0. The van der Waals surface area contributed by atoms with Gasteiger partial charge in [-0.25, -0.2) is 18.2 Å². The van der Waals surface area contributed by atoms with E-state index >= 15 is 0 Å². The average Bonchev–Trinajstić information content (AvgIpc) is 2.19. The number of aromatic nitrogens is 1. The SMILES string of the molecule is NCc1cc(CC(=O)O)c(F)c(C(F)F)n1. The van der Waals surface area contributed by atoms with E-state index in [1.165, 1.54) is 0 Å². The Morgan fingerprint density at radius 1 is 1.56 bits per heavy atom. The Labute approximate surface area is 88.9 Å². The molecule has 88 valence electrons. The Morgan fingerprint density at radius 2 is 2.19 bits per heavy atom. The van der Waals surface area contributed by atoms with Crippen molar-refractivity contribution in [2.24, 2.45) is 5.73 Å². The molecule has 7 heteroatoms. The van der Waals surface area contributed by atoms with E-state index in [2.05, 4.69) is 4.98 Å². The molecule has 1 aromatic rings. The number of carbonyl (C=O) groups is 1. The normalized spacial score (nSPS) is 10.8. The molecular weight excluding hydrogens is 225 g/mol. The van der Waals surface area contributed by atoms with Crippen LogP contribution in [-0.4, -0.2) is 16.1 Å². The largest absolute Gasteiger partial charge is 0.481 e. The molecule has 0 aliphatic carbocycles. The number of halogens is 3. The number of pyridine rings is 1. The van der Waals surface area contributed by atoms with Crippen molar-refractivity contribution < 1.29 is 23.1 Å². The molecule has 0 fully saturated rings. The number of nitrogens with two attached hydrogens (primary N) is 1. The fourth-order valence-corrected chi connectivity index (χ4v) is 1.21. The Hall–Kier alpha value is -1.63. The van der Waals surface area contributed by atoms with Gasteiger partial charge in [-0.2, -0.15) is 0 Å². The molecule has 4 nitrogen and oxygen atoms in total. The third kappa shape index (κ3) is 2.69. The fourth-order valence-electron chi connectivity index (χ4n) is 1.21. The zero-order valence-corrected chi connectivity index (χ0v) is 8.08. The van der Waals surface area contributed by atoms with Crippen LogP contribution in [0.5, 0.6) is 0 Å². The lowest BCUT2D eigenvalue weighted by Gasteiger charge is -2.08. The zero-order valence-electron chi connectivity index (χ0n) is 8.08. The van der Waals surface area contributed by atoms with Gasteiger partial charge < -0.3 is 10.8 Å². The smallest absolute Gasteiger partial charge is 0.307 e. The summed E-state index contributed by atoms with van der Waals surface area (Å²) in [5.41, 5.74) is 3.84. The highest BCUT2D eigenvalue weighted by atomic mass is 19.3. The van der Waals surface area contributed by atoms with Crippen LogP contribution in [0.2, 0.25) is 0 Å². The maximum absolute atomic E-state index is 13.4. The van der Waals surface area contributed by atoms with Crippen LogP contribution in [0.4, 0.5) is 13.2 Å². The number of carboxylic acid groups (broad SMARTS) is 1. The van der Waals surface area contributed by atoms with E-state index in [1.807, 2.05) is 0 Å². The molecule has 0 aromatic carbocycles. The highest BCUT2D eigenvalue weighted by Crippen LogP contribution is 2.23. The molecule has 0 aliphatic rings. The Kier molecular flexibility index (Phi) is 3.83. The topological polar surface area (TPSA) is 76.2 Å². The molecule has 0 spiro atoms. The lowest BCUT2D eigenvalue weighted by atomic mass is 10.1. The van der Waals surface area contributed by atoms with Crippen LogP contribution in [0.3, 0.4) is 0 Å². The number of carboxylic acids is 1. The van der Waals surface area contributed by atoms with Crippen molar-refractivity contribution in [3.05, 3.63) is 28.8 Å². The van der Waals surface area contributed by atoms with Gasteiger partial charge in [-0.15, -0.1) is 0 Å². The molecule has 0 saturated heterocycles. The third-order valence-corrected chi connectivity index (χ3v) is 1.87. The number of hydrogen-bond donors (Lipinski definition) is 2. The Bertz CT molecular complexity index is 410. The summed E-state index contributed by atoms with van der Waals surface area (Å²) < 4.78 is 38.1. The van der Waals surface area contributed by atoms with Gasteiger partial charge >= 0.3 is 5.97 Å². The number of rotatable bonds is 4. The van der Waals surface area contributed by atoms with E-state index in [1.54, 1.807) is 0 Å². The van der Waals surface area contributed by atoms with Gasteiger partial charge in [0.05, 0.1) is 12.1 Å². The number of nitrogens with zero attached hydrogens (tertiary/aromatic N) is 1. The van der Waals surface area contributed by atoms with Crippen LogP contribution in [-0.2, 0) is 17.8 Å². The van der Waals surface area contributed by atoms with Crippen LogP contribution in [0.1, 0.15) is 23.4 Å². The first kappa shape index (κ1) is 12.4. The average molecular weight is 234 g/mol. The minimum atomic E-state index is -3.10. The molecule has 0 saturated carbocycles. The predicted octanol–water partition coefficient (Wildman–Crippen LogP) is 1.24. The fraction of sp³-hybridized carbons (Fsp3) is 0.333. The first-order valence-corrected chi connectivity index (χ1v) is 4.34. The van der Waals surface area contributed by atoms with Crippen molar-refractivity contribution in [3.63, 3.8) is 0 Å². The van der Waals surface area contributed by atoms with Gasteiger partial charge in [0.1, 0.15) is 5.69 Å². The highest BCUT2D eigenvalue weighted by molar-refractivity contribution is 5.70. The van der Waals surface area contributed by atoms with Crippen molar-refractivity contribution >= 4 is 5.97 Å². The predicted molar refractivity (Wildman–Crippen MR) is 48.4 cm³/mol. The van der Waals surface area contributed by atoms with Crippen molar-refractivity contribution in [1.29, 1.82) is 0 Å². The van der Waals surface area contributed by atoms with Crippen molar-refractivity contribution in [2.45, 2.75) is 19.4 Å². The van der Waals surface area contributed by atoms with Crippen molar-refractivity contribution in [2.75, 3.05) is 0 Å². The molecule has 1 heterocycles. The summed E-state index contributed by atoms with van der Waals surface area (Å²) in [4.78, 5) is 13.7. The number of alkyl halides is 2. The summed E-state index contributed by atoms with van der Waals surface area (Å²) in [5.74, 6) is -2.59.